The molecule has 2 aromatic carbocycles. The number of imidazole rings is 1. The fourth-order valence-electron chi connectivity index (χ4n) is 2.41. The summed E-state index contributed by atoms with van der Waals surface area (Å²) in [5.74, 6) is 0.381. The lowest BCUT2D eigenvalue weighted by atomic mass is 10.2. The van der Waals surface area contributed by atoms with Crippen LogP contribution in [0.25, 0.3) is 11.0 Å². The third-order valence-corrected chi connectivity index (χ3v) is 5.57. The number of thioether (sulfide) groups is 1. The summed E-state index contributed by atoms with van der Waals surface area (Å²) in [5.41, 5.74) is 2.43. The molecule has 1 heterocycles. The molecule has 3 aromatic rings. The van der Waals surface area contributed by atoms with E-state index in [1.54, 1.807) is 18.2 Å². The molecule has 0 fully saturated rings. The van der Waals surface area contributed by atoms with Crippen LogP contribution in [0.1, 0.15) is 12.5 Å². The average molecular weight is 365 g/mol. The second-order valence-corrected chi connectivity index (χ2v) is 7.75. The van der Waals surface area contributed by atoms with Crippen molar-refractivity contribution in [3.63, 3.8) is 0 Å². The van der Waals surface area contributed by atoms with Gasteiger partial charge < -0.3 is 4.57 Å². The number of rotatable bonds is 5. The topological polar surface area (TPSA) is 78.0 Å². The number of fused-ring (bicyclic) bond motifs is 1. The van der Waals surface area contributed by atoms with Gasteiger partial charge in [0.25, 0.3) is 0 Å². The molecule has 0 radical (unpaired) electrons. The van der Waals surface area contributed by atoms with Crippen molar-refractivity contribution in [2.45, 2.75) is 29.3 Å². The predicted molar refractivity (Wildman–Crippen MR) is 92.7 cm³/mol. The van der Waals surface area contributed by atoms with Gasteiger partial charge in [0.05, 0.1) is 15.9 Å². The Bertz CT molecular complexity index is 982. The smallest absolute Gasteiger partial charge is 0.238 e. The summed E-state index contributed by atoms with van der Waals surface area (Å²) in [4.78, 5) is 4.57. The number of hydrogen-bond donors (Lipinski definition) is 1. The van der Waals surface area contributed by atoms with Crippen molar-refractivity contribution in [3.05, 3.63) is 53.8 Å². The van der Waals surface area contributed by atoms with Crippen LogP contribution >= 0.6 is 11.8 Å². The number of benzene rings is 2. The molecule has 1 aromatic heterocycles. The zero-order valence-corrected chi connectivity index (χ0v) is 14.6. The Balaban J connectivity index is 1.93. The molecule has 2 N–H and O–H groups in total. The van der Waals surface area contributed by atoms with Crippen molar-refractivity contribution in [3.8, 4) is 0 Å². The molecule has 0 bridgehead atoms. The third kappa shape index (κ3) is 3.45. The number of hydrogen-bond acceptors (Lipinski definition) is 4. The van der Waals surface area contributed by atoms with E-state index in [0.717, 1.165) is 16.2 Å². The molecule has 8 heteroatoms. The number of aryl methyl sites for hydroxylation is 1. The molecule has 0 saturated carbocycles. The molecular formula is C16H16FN3O2S2. The number of nitrogens with two attached hydrogens (primary N) is 1. The summed E-state index contributed by atoms with van der Waals surface area (Å²) >= 11 is 1.52. The molecule has 24 heavy (non-hydrogen) atoms. The minimum atomic E-state index is -3.76. The van der Waals surface area contributed by atoms with E-state index < -0.39 is 10.0 Å². The van der Waals surface area contributed by atoms with Crippen molar-refractivity contribution in [2.75, 3.05) is 0 Å². The Hall–Kier alpha value is -1.90. The van der Waals surface area contributed by atoms with Gasteiger partial charge in [-0.1, -0.05) is 23.9 Å². The Morgan fingerprint density at radius 1 is 1.21 bits per heavy atom. The summed E-state index contributed by atoms with van der Waals surface area (Å²) in [6, 6.07) is 11.0. The SMILES string of the molecule is CCn1c(SCc2ccc(F)cc2)nc2cc(S(N)(=O)=O)ccc21. The normalized spacial score (nSPS) is 12.0. The lowest BCUT2D eigenvalue weighted by molar-refractivity contribution is 0.598. The van der Waals surface area contributed by atoms with Gasteiger partial charge in [-0.25, -0.2) is 22.9 Å². The highest BCUT2D eigenvalue weighted by molar-refractivity contribution is 7.98. The van der Waals surface area contributed by atoms with E-state index in [0.29, 0.717) is 17.8 Å². The number of nitrogens with zero attached hydrogens (tertiary/aromatic N) is 2. The van der Waals surface area contributed by atoms with E-state index in [4.69, 9.17) is 5.14 Å². The molecule has 0 aliphatic heterocycles. The van der Waals surface area contributed by atoms with E-state index in [9.17, 15) is 12.8 Å². The summed E-state index contributed by atoms with van der Waals surface area (Å²) in [6.45, 7) is 2.70. The van der Waals surface area contributed by atoms with Crippen LogP contribution in [0, 0.1) is 5.82 Å². The van der Waals surface area contributed by atoms with Crippen LogP contribution in [0.5, 0.6) is 0 Å². The highest BCUT2D eigenvalue weighted by Crippen LogP contribution is 2.28. The van der Waals surface area contributed by atoms with Crippen molar-refractivity contribution in [1.82, 2.24) is 9.55 Å². The first-order valence-electron chi connectivity index (χ1n) is 7.29. The van der Waals surface area contributed by atoms with Crippen LogP contribution in [-0.2, 0) is 22.3 Å². The minimum absolute atomic E-state index is 0.0471. The molecule has 0 amide bonds. The molecule has 0 saturated heterocycles. The Kier molecular flexibility index (Phi) is 4.62. The van der Waals surface area contributed by atoms with Crippen LogP contribution in [0.4, 0.5) is 4.39 Å². The maximum atomic E-state index is 13.0. The van der Waals surface area contributed by atoms with Gasteiger partial charge >= 0.3 is 0 Å². The summed E-state index contributed by atoms with van der Waals surface area (Å²) in [7, 11) is -3.76. The van der Waals surface area contributed by atoms with E-state index in [1.165, 1.54) is 36.0 Å². The van der Waals surface area contributed by atoms with Gasteiger partial charge in [-0.3, -0.25) is 0 Å². The third-order valence-electron chi connectivity index (χ3n) is 3.61. The fraction of sp³-hybridized carbons (Fsp3) is 0.188. The number of sulfonamides is 1. The quantitative estimate of drug-likeness (QED) is 0.705. The van der Waals surface area contributed by atoms with E-state index in [-0.39, 0.29) is 10.7 Å². The second kappa shape index (κ2) is 6.54. The Morgan fingerprint density at radius 2 is 1.92 bits per heavy atom. The van der Waals surface area contributed by atoms with Crippen molar-refractivity contribution < 1.29 is 12.8 Å². The molecule has 0 unspecified atom stereocenters. The van der Waals surface area contributed by atoms with Gasteiger partial charge in [-0.05, 0) is 42.8 Å². The molecule has 0 atom stereocenters. The Labute approximate surface area is 143 Å². The van der Waals surface area contributed by atoms with Crippen molar-refractivity contribution >= 4 is 32.8 Å². The molecule has 0 aliphatic carbocycles. The maximum Gasteiger partial charge on any atom is 0.238 e. The Morgan fingerprint density at radius 3 is 2.54 bits per heavy atom. The zero-order chi connectivity index (χ0) is 17.3. The minimum Gasteiger partial charge on any atom is -0.319 e. The van der Waals surface area contributed by atoms with Crippen LogP contribution in [0.15, 0.2) is 52.5 Å². The van der Waals surface area contributed by atoms with Crippen LogP contribution < -0.4 is 5.14 Å². The van der Waals surface area contributed by atoms with Gasteiger partial charge in [0.15, 0.2) is 5.16 Å². The zero-order valence-electron chi connectivity index (χ0n) is 12.9. The standard InChI is InChI=1S/C16H16FN3O2S2/c1-2-20-15-8-7-13(24(18,21)22)9-14(15)19-16(20)23-10-11-3-5-12(17)6-4-11/h3-9H,2,10H2,1H3,(H2,18,21,22). The van der Waals surface area contributed by atoms with Gasteiger partial charge in [0, 0.05) is 12.3 Å². The fourth-order valence-corrected chi connectivity index (χ4v) is 3.98. The highest BCUT2D eigenvalue weighted by Gasteiger charge is 2.14. The monoisotopic (exact) mass is 365 g/mol. The molecule has 0 aliphatic rings. The van der Waals surface area contributed by atoms with Crippen LogP contribution in [0.3, 0.4) is 0 Å². The molecular weight excluding hydrogens is 349 g/mol. The van der Waals surface area contributed by atoms with E-state index in [1.807, 2.05) is 11.5 Å². The number of aromatic nitrogens is 2. The lowest BCUT2D eigenvalue weighted by Crippen LogP contribution is -2.11. The van der Waals surface area contributed by atoms with Crippen molar-refractivity contribution in [2.24, 2.45) is 5.14 Å². The summed E-state index contributed by atoms with van der Waals surface area (Å²) in [5, 5.41) is 5.95. The maximum absolute atomic E-state index is 13.0. The number of halogens is 1. The average Bonchev–Trinajstić information content (AvgIpc) is 2.90. The lowest BCUT2D eigenvalue weighted by Gasteiger charge is -2.06. The van der Waals surface area contributed by atoms with Gasteiger partial charge in [0.2, 0.25) is 10.0 Å². The molecule has 3 rings (SSSR count). The highest BCUT2D eigenvalue weighted by atomic mass is 32.2. The molecule has 0 spiro atoms. The largest absolute Gasteiger partial charge is 0.319 e. The van der Waals surface area contributed by atoms with Crippen molar-refractivity contribution in [1.29, 1.82) is 0 Å². The first-order chi connectivity index (χ1) is 11.4. The summed E-state index contributed by atoms with van der Waals surface area (Å²) in [6.07, 6.45) is 0. The van der Waals surface area contributed by atoms with Crippen LogP contribution in [0.2, 0.25) is 0 Å². The summed E-state index contributed by atoms with van der Waals surface area (Å²) < 4.78 is 37.9. The first kappa shape index (κ1) is 16.9. The van der Waals surface area contributed by atoms with E-state index >= 15 is 0 Å². The first-order valence-corrected chi connectivity index (χ1v) is 9.82. The molecule has 126 valence electrons. The second-order valence-electron chi connectivity index (χ2n) is 5.25. The van der Waals surface area contributed by atoms with Gasteiger partial charge in [-0.2, -0.15) is 0 Å². The van der Waals surface area contributed by atoms with E-state index in [2.05, 4.69) is 4.98 Å². The van der Waals surface area contributed by atoms with Gasteiger partial charge in [0.1, 0.15) is 5.82 Å². The van der Waals surface area contributed by atoms with Gasteiger partial charge in [-0.15, -0.1) is 0 Å². The molecule has 5 nitrogen and oxygen atoms in total. The number of primary sulfonamides is 1. The van der Waals surface area contributed by atoms with Crippen LogP contribution in [-0.4, -0.2) is 18.0 Å². The predicted octanol–water partition coefficient (Wildman–Crippen LogP) is 3.14.